The molecular formula is C12H15N3. The van der Waals surface area contributed by atoms with Crippen LogP contribution < -0.4 is 5.32 Å². The fraction of sp³-hybridized carbons (Fsp3) is 0.250. The normalized spacial score (nSPS) is 10.5. The number of rotatable bonds is 4. The van der Waals surface area contributed by atoms with Crippen molar-refractivity contribution in [3.8, 4) is 5.69 Å². The van der Waals surface area contributed by atoms with Crippen LogP contribution in [0, 0.1) is 0 Å². The van der Waals surface area contributed by atoms with Crippen molar-refractivity contribution in [3.05, 3.63) is 48.3 Å². The highest BCUT2D eigenvalue weighted by Gasteiger charge is 1.96. The number of hydrogen-bond donors (Lipinski definition) is 1. The van der Waals surface area contributed by atoms with E-state index in [4.69, 9.17) is 0 Å². The molecule has 0 amide bonds. The van der Waals surface area contributed by atoms with E-state index >= 15 is 0 Å². The van der Waals surface area contributed by atoms with Gasteiger partial charge in [-0.3, -0.25) is 0 Å². The predicted octanol–water partition coefficient (Wildman–Crippen LogP) is 1.98. The molecule has 0 saturated carbocycles. The molecule has 0 unspecified atom stereocenters. The van der Waals surface area contributed by atoms with Crippen molar-refractivity contribution in [2.45, 2.75) is 13.5 Å². The predicted molar refractivity (Wildman–Crippen MR) is 60.9 cm³/mol. The van der Waals surface area contributed by atoms with E-state index in [1.54, 1.807) is 6.20 Å². The lowest BCUT2D eigenvalue weighted by atomic mass is 10.2. The zero-order chi connectivity index (χ0) is 10.5. The summed E-state index contributed by atoms with van der Waals surface area (Å²) in [4.78, 5) is 0. The molecule has 2 rings (SSSR count). The van der Waals surface area contributed by atoms with E-state index in [2.05, 4.69) is 41.6 Å². The summed E-state index contributed by atoms with van der Waals surface area (Å²) in [5.41, 5.74) is 2.40. The van der Waals surface area contributed by atoms with Crippen molar-refractivity contribution in [1.29, 1.82) is 0 Å². The van der Waals surface area contributed by atoms with Gasteiger partial charge in [-0.2, -0.15) is 5.10 Å². The van der Waals surface area contributed by atoms with Crippen molar-refractivity contribution in [3.63, 3.8) is 0 Å². The van der Waals surface area contributed by atoms with E-state index in [1.807, 2.05) is 16.9 Å². The molecule has 1 aromatic carbocycles. The van der Waals surface area contributed by atoms with Crippen LogP contribution in [0.3, 0.4) is 0 Å². The van der Waals surface area contributed by atoms with Gasteiger partial charge in [0.2, 0.25) is 0 Å². The molecule has 0 radical (unpaired) electrons. The molecule has 2 aromatic rings. The Labute approximate surface area is 89.7 Å². The van der Waals surface area contributed by atoms with Crippen LogP contribution in [0.25, 0.3) is 5.69 Å². The summed E-state index contributed by atoms with van der Waals surface area (Å²) in [6.07, 6.45) is 3.73. The van der Waals surface area contributed by atoms with Gasteiger partial charge in [0.15, 0.2) is 0 Å². The Kier molecular flexibility index (Phi) is 3.15. The number of aromatic nitrogens is 2. The third-order valence-electron chi connectivity index (χ3n) is 2.28. The second kappa shape index (κ2) is 4.75. The van der Waals surface area contributed by atoms with Crippen LogP contribution in [-0.4, -0.2) is 16.3 Å². The van der Waals surface area contributed by atoms with Gasteiger partial charge in [-0.15, -0.1) is 0 Å². The van der Waals surface area contributed by atoms with Crippen LogP contribution in [0.4, 0.5) is 0 Å². The lowest BCUT2D eigenvalue weighted by Gasteiger charge is -2.04. The molecule has 0 atom stereocenters. The summed E-state index contributed by atoms with van der Waals surface area (Å²) in [5, 5.41) is 7.48. The van der Waals surface area contributed by atoms with E-state index in [9.17, 15) is 0 Å². The smallest absolute Gasteiger partial charge is 0.0645 e. The maximum absolute atomic E-state index is 4.18. The largest absolute Gasteiger partial charge is 0.313 e. The van der Waals surface area contributed by atoms with E-state index < -0.39 is 0 Å². The van der Waals surface area contributed by atoms with Crippen LogP contribution in [0.1, 0.15) is 12.5 Å². The van der Waals surface area contributed by atoms with Crippen LogP contribution in [0.5, 0.6) is 0 Å². The molecular weight excluding hydrogens is 186 g/mol. The SMILES string of the molecule is CCNCc1ccc(-n2cccn2)cc1. The second-order valence-electron chi connectivity index (χ2n) is 3.40. The number of hydrogen-bond acceptors (Lipinski definition) is 2. The number of nitrogens with one attached hydrogen (secondary N) is 1. The Bertz CT molecular complexity index is 389. The molecule has 0 bridgehead atoms. The van der Waals surface area contributed by atoms with Gasteiger partial charge in [0, 0.05) is 18.9 Å². The third kappa shape index (κ3) is 2.44. The Morgan fingerprint density at radius 2 is 2.07 bits per heavy atom. The lowest BCUT2D eigenvalue weighted by Crippen LogP contribution is -2.11. The Hall–Kier alpha value is -1.61. The Balaban J connectivity index is 2.11. The summed E-state index contributed by atoms with van der Waals surface area (Å²) < 4.78 is 1.86. The standard InChI is InChI=1S/C12H15N3/c1-2-13-10-11-4-6-12(7-5-11)15-9-3-8-14-15/h3-9,13H,2,10H2,1H3. The Morgan fingerprint density at radius 3 is 2.67 bits per heavy atom. The van der Waals surface area contributed by atoms with Crippen molar-refractivity contribution < 1.29 is 0 Å². The molecule has 0 aliphatic rings. The summed E-state index contributed by atoms with van der Waals surface area (Å²) in [6.45, 7) is 4.04. The highest BCUT2D eigenvalue weighted by atomic mass is 15.3. The molecule has 0 aliphatic carbocycles. The summed E-state index contributed by atoms with van der Waals surface area (Å²) >= 11 is 0. The zero-order valence-corrected chi connectivity index (χ0v) is 8.85. The fourth-order valence-corrected chi connectivity index (χ4v) is 1.46. The minimum Gasteiger partial charge on any atom is -0.313 e. The summed E-state index contributed by atoms with van der Waals surface area (Å²) in [7, 11) is 0. The molecule has 3 nitrogen and oxygen atoms in total. The van der Waals surface area contributed by atoms with Gasteiger partial charge in [-0.25, -0.2) is 4.68 Å². The molecule has 0 spiro atoms. The minimum atomic E-state index is 0.926. The molecule has 0 fully saturated rings. The molecule has 0 aliphatic heterocycles. The molecule has 78 valence electrons. The highest BCUT2D eigenvalue weighted by Crippen LogP contribution is 2.08. The van der Waals surface area contributed by atoms with Crippen molar-refractivity contribution in [2.24, 2.45) is 0 Å². The zero-order valence-electron chi connectivity index (χ0n) is 8.85. The monoisotopic (exact) mass is 201 g/mol. The Morgan fingerprint density at radius 1 is 1.27 bits per heavy atom. The average Bonchev–Trinajstić information content (AvgIpc) is 2.80. The average molecular weight is 201 g/mol. The number of benzene rings is 1. The third-order valence-corrected chi connectivity index (χ3v) is 2.28. The first-order valence-electron chi connectivity index (χ1n) is 5.20. The lowest BCUT2D eigenvalue weighted by molar-refractivity contribution is 0.726. The van der Waals surface area contributed by atoms with Gasteiger partial charge in [-0.05, 0) is 30.3 Å². The first-order chi connectivity index (χ1) is 7.40. The summed E-state index contributed by atoms with van der Waals surface area (Å²) in [6, 6.07) is 10.3. The van der Waals surface area contributed by atoms with Gasteiger partial charge in [-0.1, -0.05) is 19.1 Å². The minimum absolute atomic E-state index is 0.926. The van der Waals surface area contributed by atoms with Crippen LogP contribution in [0.15, 0.2) is 42.7 Å². The maximum Gasteiger partial charge on any atom is 0.0645 e. The van der Waals surface area contributed by atoms with E-state index in [0.29, 0.717) is 0 Å². The van der Waals surface area contributed by atoms with E-state index in [0.717, 1.165) is 18.8 Å². The quantitative estimate of drug-likeness (QED) is 0.819. The van der Waals surface area contributed by atoms with Gasteiger partial charge in [0.05, 0.1) is 5.69 Å². The highest BCUT2D eigenvalue weighted by molar-refractivity contribution is 5.33. The van der Waals surface area contributed by atoms with Crippen molar-refractivity contribution in [1.82, 2.24) is 15.1 Å². The second-order valence-corrected chi connectivity index (χ2v) is 3.40. The van der Waals surface area contributed by atoms with Gasteiger partial charge in [0.25, 0.3) is 0 Å². The fourth-order valence-electron chi connectivity index (χ4n) is 1.46. The van der Waals surface area contributed by atoms with Gasteiger partial charge < -0.3 is 5.32 Å². The first kappa shape index (κ1) is 9.93. The maximum atomic E-state index is 4.18. The van der Waals surface area contributed by atoms with Crippen LogP contribution in [-0.2, 0) is 6.54 Å². The molecule has 0 saturated heterocycles. The molecule has 1 N–H and O–H groups in total. The van der Waals surface area contributed by atoms with Crippen LogP contribution in [0.2, 0.25) is 0 Å². The molecule has 15 heavy (non-hydrogen) atoms. The molecule has 1 heterocycles. The van der Waals surface area contributed by atoms with Crippen LogP contribution >= 0.6 is 0 Å². The van der Waals surface area contributed by atoms with Gasteiger partial charge >= 0.3 is 0 Å². The van der Waals surface area contributed by atoms with Crippen molar-refractivity contribution >= 4 is 0 Å². The van der Waals surface area contributed by atoms with Crippen molar-refractivity contribution in [2.75, 3.05) is 6.54 Å². The number of nitrogens with zero attached hydrogens (tertiary/aromatic N) is 2. The summed E-state index contributed by atoms with van der Waals surface area (Å²) in [5.74, 6) is 0. The molecule has 1 aromatic heterocycles. The van der Waals surface area contributed by atoms with E-state index in [-0.39, 0.29) is 0 Å². The molecule has 3 heteroatoms. The van der Waals surface area contributed by atoms with Gasteiger partial charge in [0.1, 0.15) is 0 Å². The first-order valence-corrected chi connectivity index (χ1v) is 5.20. The van der Waals surface area contributed by atoms with E-state index in [1.165, 1.54) is 5.56 Å². The topological polar surface area (TPSA) is 29.9 Å².